The fourth-order valence-electron chi connectivity index (χ4n) is 4.56. The molecular formula is C24H28N6O4. The van der Waals surface area contributed by atoms with Crippen molar-refractivity contribution in [1.29, 1.82) is 0 Å². The van der Waals surface area contributed by atoms with Gasteiger partial charge in [0.15, 0.2) is 5.82 Å². The largest absolute Gasteiger partial charge is 0.481 e. The molecule has 4 rings (SSSR count). The summed E-state index contributed by atoms with van der Waals surface area (Å²) in [6.07, 6.45) is 5.14. The van der Waals surface area contributed by atoms with Crippen molar-refractivity contribution < 1.29 is 14.8 Å². The minimum atomic E-state index is -1.02. The van der Waals surface area contributed by atoms with Crippen molar-refractivity contribution in [2.45, 2.75) is 63.6 Å². The predicted octanol–water partition coefficient (Wildman–Crippen LogP) is 4.29. The third-order valence-electron chi connectivity index (χ3n) is 6.34. The van der Waals surface area contributed by atoms with E-state index in [0.717, 1.165) is 36.8 Å². The minimum absolute atomic E-state index is 0.0892. The summed E-state index contributed by atoms with van der Waals surface area (Å²) in [6, 6.07) is 13.0. The number of rotatable bonds is 9. The van der Waals surface area contributed by atoms with E-state index in [0.29, 0.717) is 11.4 Å². The molecule has 2 atom stereocenters. The number of nitrogens with zero attached hydrogens (tertiary/aromatic N) is 5. The fraction of sp³-hybridized carbons (Fsp3) is 0.417. The first-order chi connectivity index (χ1) is 16.4. The van der Waals surface area contributed by atoms with Crippen molar-refractivity contribution in [3.63, 3.8) is 0 Å². The van der Waals surface area contributed by atoms with E-state index in [1.54, 1.807) is 12.1 Å². The Morgan fingerprint density at radius 3 is 2.59 bits per heavy atom. The van der Waals surface area contributed by atoms with Gasteiger partial charge < -0.3 is 5.11 Å². The zero-order chi connectivity index (χ0) is 24.1. The maximum atomic E-state index is 11.7. The van der Waals surface area contributed by atoms with Crippen molar-refractivity contribution in [1.82, 2.24) is 25.5 Å². The van der Waals surface area contributed by atoms with Gasteiger partial charge in [0.25, 0.3) is 5.69 Å². The van der Waals surface area contributed by atoms with Crippen LogP contribution >= 0.6 is 0 Å². The standard InChI is InChI=1S/C24H28N6O4/c1-16-10-12-17(13-11-16)23(24-26-27-28-29(24)19-7-3-2-4-8-19)25-21(15-22(31)32)18-6-5-9-20(14-18)30(33)34/h5-6,9-14,19,21,23,25H,2-4,7-8,15H2,1H3,(H,31,32). The Hall–Kier alpha value is -3.66. The molecule has 1 aromatic heterocycles. The van der Waals surface area contributed by atoms with Crippen molar-refractivity contribution in [2.75, 3.05) is 0 Å². The number of non-ortho nitro benzene ring substituents is 1. The summed E-state index contributed by atoms with van der Waals surface area (Å²) in [4.78, 5) is 22.6. The van der Waals surface area contributed by atoms with Crippen LogP contribution < -0.4 is 5.32 Å². The summed E-state index contributed by atoms with van der Waals surface area (Å²) in [5.74, 6) is -0.407. The molecule has 0 bridgehead atoms. The summed E-state index contributed by atoms with van der Waals surface area (Å²) in [5, 5.41) is 36.9. The highest BCUT2D eigenvalue weighted by Crippen LogP contribution is 2.33. The lowest BCUT2D eigenvalue weighted by atomic mass is 9.94. The average Bonchev–Trinajstić information content (AvgIpc) is 3.32. The smallest absolute Gasteiger partial charge is 0.305 e. The van der Waals surface area contributed by atoms with Crippen molar-refractivity contribution in [2.24, 2.45) is 0 Å². The lowest BCUT2D eigenvalue weighted by molar-refractivity contribution is -0.384. The van der Waals surface area contributed by atoms with Crippen molar-refractivity contribution in [3.8, 4) is 0 Å². The van der Waals surface area contributed by atoms with Crippen LogP contribution in [0.5, 0.6) is 0 Å². The second-order valence-corrected chi connectivity index (χ2v) is 8.79. The summed E-state index contributed by atoms with van der Waals surface area (Å²) >= 11 is 0. The number of hydrogen-bond acceptors (Lipinski definition) is 7. The molecule has 1 saturated carbocycles. The number of aryl methyl sites for hydroxylation is 1. The highest BCUT2D eigenvalue weighted by atomic mass is 16.6. The molecule has 3 aromatic rings. The first-order valence-corrected chi connectivity index (χ1v) is 11.5. The molecule has 10 heteroatoms. The van der Waals surface area contributed by atoms with Crippen LogP contribution in [0.3, 0.4) is 0 Å². The maximum Gasteiger partial charge on any atom is 0.305 e. The zero-order valence-corrected chi connectivity index (χ0v) is 19.0. The molecule has 2 unspecified atom stereocenters. The van der Waals surface area contributed by atoms with Gasteiger partial charge in [0.05, 0.1) is 23.4 Å². The van der Waals surface area contributed by atoms with E-state index in [1.807, 2.05) is 35.9 Å². The van der Waals surface area contributed by atoms with Crippen LogP contribution in [-0.2, 0) is 4.79 Å². The Balaban J connectivity index is 1.75. The Labute approximate surface area is 197 Å². The van der Waals surface area contributed by atoms with Crippen LogP contribution in [0.4, 0.5) is 5.69 Å². The summed E-state index contributed by atoms with van der Waals surface area (Å²) in [6.45, 7) is 1.99. The number of hydrogen-bond donors (Lipinski definition) is 2. The number of nitro groups is 1. The number of tetrazole rings is 1. The third-order valence-corrected chi connectivity index (χ3v) is 6.34. The van der Waals surface area contributed by atoms with Gasteiger partial charge in [0.2, 0.25) is 0 Å². The summed E-state index contributed by atoms with van der Waals surface area (Å²) in [7, 11) is 0. The summed E-state index contributed by atoms with van der Waals surface area (Å²) in [5.41, 5.74) is 2.41. The highest BCUT2D eigenvalue weighted by molar-refractivity contribution is 5.68. The summed E-state index contributed by atoms with van der Waals surface area (Å²) < 4.78 is 1.86. The maximum absolute atomic E-state index is 11.7. The molecule has 0 saturated heterocycles. The molecule has 1 fully saturated rings. The van der Waals surface area contributed by atoms with Gasteiger partial charge in [-0.1, -0.05) is 61.2 Å². The quantitative estimate of drug-likeness (QED) is 0.353. The molecule has 0 spiro atoms. The van der Waals surface area contributed by atoms with Crippen LogP contribution in [-0.4, -0.2) is 36.2 Å². The van der Waals surface area contributed by atoms with Crippen LogP contribution in [0, 0.1) is 17.0 Å². The van der Waals surface area contributed by atoms with E-state index in [9.17, 15) is 20.0 Å². The first kappa shape index (κ1) is 23.5. The van der Waals surface area contributed by atoms with Gasteiger partial charge in [-0.25, -0.2) is 4.68 Å². The monoisotopic (exact) mass is 464 g/mol. The SMILES string of the molecule is Cc1ccc(C(NC(CC(=O)O)c2cccc([N+](=O)[O-])c2)c2nnnn2C2CCCCC2)cc1. The fourth-order valence-corrected chi connectivity index (χ4v) is 4.56. The number of benzene rings is 2. The number of nitrogens with one attached hydrogen (secondary N) is 1. The first-order valence-electron chi connectivity index (χ1n) is 11.5. The number of carboxylic acid groups (broad SMARTS) is 1. The van der Waals surface area contributed by atoms with E-state index < -0.39 is 23.0 Å². The number of carboxylic acids is 1. The normalized spacial score (nSPS) is 16.1. The Kier molecular flexibility index (Phi) is 7.27. The van der Waals surface area contributed by atoms with E-state index >= 15 is 0 Å². The molecule has 1 aliphatic rings. The van der Waals surface area contributed by atoms with E-state index in [-0.39, 0.29) is 18.2 Å². The van der Waals surface area contributed by atoms with Gasteiger partial charge in [0, 0.05) is 18.2 Å². The van der Waals surface area contributed by atoms with Gasteiger partial charge in [-0.2, -0.15) is 0 Å². The zero-order valence-electron chi connectivity index (χ0n) is 19.0. The molecule has 34 heavy (non-hydrogen) atoms. The molecule has 10 nitrogen and oxygen atoms in total. The molecule has 0 aliphatic heterocycles. The molecule has 0 amide bonds. The second kappa shape index (κ2) is 10.5. The van der Waals surface area contributed by atoms with E-state index in [1.165, 1.54) is 18.6 Å². The molecule has 0 radical (unpaired) electrons. The lowest BCUT2D eigenvalue weighted by Gasteiger charge is -2.28. The van der Waals surface area contributed by atoms with Crippen LogP contribution in [0.1, 0.15) is 79.2 Å². The van der Waals surface area contributed by atoms with E-state index in [2.05, 4.69) is 20.8 Å². The van der Waals surface area contributed by atoms with Crippen molar-refractivity contribution in [3.05, 3.63) is 81.2 Å². The van der Waals surface area contributed by atoms with E-state index in [4.69, 9.17) is 0 Å². The van der Waals surface area contributed by atoms with Gasteiger partial charge >= 0.3 is 5.97 Å². The second-order valence-electron chi connectivity index (χ2n) is 8.79. The topological polar surface area (TPSA) is 136 Å². The number of nitro benzene ring substituents is 1. The molecule has 178 valence electrons. The third kappa shape index (κ3) is 5.45. The lowest BCUT2D eigenvalue weighted by Crippen LogP contribution is -2.32. The number of aliphatic carboxylic acids is 1. The van der Waals surface area contributed by atoms with Gasteiger partial charge in [-0.3, -0.25) is 20.2 Å². The van der Waals surface area contributed by atoms with Gasteiger partial charge in [-0.05, 0) is 41.3 Å². The molecule has 1 aliphatic carbocycles. The Bertz CT molecular complexity index is 1140. The van der Waals surface area contributed by atoms with Crippen molar-refractivity contribution >= 4 is 11.7 Å². The van der Waals surface area contributed by atoms with Crippen LogP contribution in [0.15, 0.2) is 48.5 Å². The molecule has 1 heterocycles. The average molecular weight is 465 g/mol. The molecular weight excluding hydrogens is 436 g/mol. The molecule has 2 aromatic carbocycles. The highest BCUT2D eigenvalue weighted by Gasteiger charge is 2.30. The van der Waals surface area contributed by atoms with Crippen LogP contribution in [0.25, 0.3) is 0 Å². The number of carbonyl (C=O) groups is 1. The Morgan fingerprint density at radius 2 is 1.91 bits per heavy atom. The predicted molar refractivity (Wildman–Crippen MR) is 124 cm³/mol. The Morgan fingerprint density at radius 1 is 1.18 bits per heavy atom. The van der Waals surface area contributed by atoms with Gasteiger partial charge in [-0.15, -0.1) is 5.10 Å². The number of aromatic nitrogens is 4. The van der Waals surface area contributed by atoms with Gasteiger partial charge in [0.1, 0.15) is 0 Å². The minimum Gasteiger partial charge on any atom is -0.481 e. The van der Waals surface area contributed by atoms with Crippen LogP contribution in [0.2, 0.25) is 0 Å². The molecule has 2 N–H and O–H groups in total.